The lowest BCUT2D eigenvalue weighted by atomic mass is 10.1. The average Bonchev–Trinajstić information content (AvgIpc) is 3.28. The van der Waals surface area contributed by atoms with E-state index >= 15 is 0 Å². The highest BCUT2D eigenvalue weighted by Gasteiger charge is 2.23. The number of hydrogen-bond donors (Lipinski definition) is 7. The van der Waals surface area contributed by atoms with Gasteiger partial charge < -0.3 is 52.7 Å². The van der Waals surface area contributed by atoms with Crippen LogP contribution in [0.3, 0.4) is 0 Å². The van der Waals surface area contributed by atoms with Gasteiger partial charge in [-0.25, -0.2) is 17.5 Å². The molecule has 25 nitrogen and oxygen atoms in total. The number of nitrogens with two attached hydrogens (primary N) is 7. The summed E-state index contributed by atoms with van der Waals surface area (Å²) in [6.07, 6.45) is 13.9. The number of carbonyl (C=O) groups excluding carboxylic acids is 3. The van der Waals surface area contributed by atoms with Crippen LogP contribution in [-0.4, -0.2) is 171 Å². The molecule has 2 rings (SSSR count). The Bertz CT molecular complexity index is 1870. The summed E-state index contributed by atoms with van der Waals surface area (Å²) in [5.41, 5.74) is 23.6. The highest BCUT2D eigenvalue weighted by molar-refractivity contribution is 5.78. The fourth-order valence-corrected chi connectivity index (χ4v) is 5.05. The Labute approximate surface area is 431 Å². The zero-order valence-electron chi connectivity index (χ0n) is 46.9. The fraction of sp³-hybridized carbons (Fsp3) is 0.681. The van der Waals surface area contributed by atoms with E-state index in [4.69, 9.17) is 34.7 Å². The first kappa shape index (κ1) is 67.9. The van der Waals surface area contributed by atoms with Crippen molar-refractivity contribution in [1.29, 1.82) is 0 Å². The predicted molar refractivity (Wildman–Crippen MR) is 289 cm³/mol. The van der Waals surface area contributed by atoms with Crippen molar-refractivity contribution in [2.24, 2.45) is 71.5 Å². The third-order valence-electron chi connectivity index (χ3n) is 10.2. The van der Waals surface area contributed by atoms with Crippen LogP contribution < -0.4 is 40.5 Å². The summed E-state index contributed by atoms with van der Waals surface area (Å²) in [5.74, 6) is 17.3. The van der Waals surface area contributed by atoms with E-state index in [1.165, 1.54) is 17.1 Å². The molecule has 72 heavy (non-hydrogen) atoms. The maximum absolute atomic E-state index is 11.9. The smallest absolute Gasteiger partial charge is 0.236 e. The first-order valence-electron chi connectivity index (χ1n) is 23.9. The number of nitrogens with zero attached hydrogens (tertiary/aromatic N) is 15. The van der Waals surface area contributed by atoms with Crippen LogP contribution in [0.25, 0.3) is 0 Å². The number of hydrazine groups is 3. The zero-order valence-corrected chi connectivity index (χ0v) is 46.9. The number of carbonyl (C=O) groups is 3. The van der Waals surface area contributed by atoms with Gasteiger partial charge >= 0.3 is 0 Å². The van der Waals surface area contributed by atoms with E-state index in [9.17, 15) is 14.4 Å². The molecule has 2 aliphatic rings. The van der Waals surface area contributed by atoms with Gasteiger partial charge in [0.2, 0.25) is 18.2 Å². The van der Waals surface area contributed by atoms with Gasteiger partial charge in [0.25, 0.3) is 0 Å². The quantitative estimate of drug-likeness (QED) is 0.0375. The minimum absolute atomic E-state index is 0.000489. The maximum Gasteiger partial charge on any atom is 0.236 e. The first-order valence-corrected chi connectivity index (χ1v) is 23.9. The normalized spacial score (nSPS) is 15.1. The number of hydrogen-bond acceptors (Lipinski definition) is 21. The Morgan fingerprint density at radius 3 is 1.92 bits per heavy atom. The molecular formula is C47H96N22O3. The molecule has 2 heterocycles. The van der Waals surface area contributed by atoms with Crippen molar-refractivity contribution in [2.45, 2.75) is 132 Å². The molecule has 25 heteroatoms. The number of amides is 3. The largest absolute Gasteiger partial charge is 0.399 e. The third-order valence-corrected chi connectivity index (χ3v) is 10.2. The van der Waals surface area contributed by atoms with Crippen LogP contribution in [0.15, 0.2) is 103 Å². The third kappa shape index (κ3) is 29.9. The lowest BCUT2D eigenvalue weighted by Gasteiger charge is -2.33. The zero-order chi connectivity index (χ0) is 56.2. The molecule has 2 aliphatic heterocycles. The molecule has 0 radical (unpaired) electrons. The number of rotatable bonds is 21. The lowest BCUT2D eigenvalue weighted by Crippen LogP contribution is -2.43. The molecular weight excluding hydrogens is 921 g/mol. The molecule has 0 aromatic rings. The molecule has 0 saturated heterocycles. The second-order valence-electron chi connectivity index (χ2n) is 20.8. The monoisotopic (exact) mass is 1020 g/mol. The van der Waals surface area contributed by atoms with Gasteiger partial charge in [0.15, 0.2) is 0 Å². The Morgan fingerprint density at radius 2 is 1.47 bits per heavy atom. The lowest BCUT2D eigenvalue weighted by molar-refractivity contribution is -0.129. The molecule has 1 unspecified atom stereocenters. The molecule has 0 saturated carbocycles. The van der Waals surface area contributed by atoms with Gasteiger partial charge in [-0.05, 0) is 115 Å². The van der Waals surface area contributed by atoms with E-state index in [0.717, 1.165) is 12.1 Å². The van der Waals surface area contributed by atoms with Gasteiger partial charge in [-0.15, -0.1) is 10.2 Å². The van der Waals surface area contributed by atoms with Gasteiger partial charge in [-0.1, -0.05) is 22.2 Å². The summed E-state index contributed by atoms with van der Waals surface area (Å²) in [7, 11) is 5.15. The van der Waals surface area contributed by atoms with Gasteiger partial charge in [-0.2, -0.15) is 5.11 Å². The van der Waals surface area contributed by atoms with E-state index in [1.54, 1.807) is 68.5 Å². The molecule has 0 aliphatic carbocycles. The van der Waals surface area contributed by atoms with Crippen LogP contribution in [0.2, 0.25) is 0 Å². The van der Waals surface area contributed by atoms with E-state index < -0.39 is 0 Å². The summed E-state index contributed by atoms with van der Waals surface area (Å²) in [4.78, 5) is 39.8. The van der Waals surface area contributed by atoms with E-state index in [2.05, 4.69) is 84.9 Å². The minimum Gasteiger partial charge on any atom is -0.399 e. The summed E-state index contributed by atoms with van der Waals surface area (Å²) >= 11 is 0. The summed E-state index contributed by atoms with van der Waals surface area (Å²) in [6, 6.07) is -0.204. The molecule has 0 bridgehead atoms. The molecule has 412 valence electrons. The van der Waals surface area contributed by atoms with E-state index in [0.29, 0.717) is 62.8 Å². The van der Waals surface area contributed by atoms with Crippen LogP contribution in [0, 0.1) is 0 Å². The Morgan fingerprint density at radius 1 is 0.889 bits per heavy atom. The second kappa shape index (κ2) is 32.7. The Kier molecular flexibility index (Phi) is 30.9. The molecule has 0 aromatic heterocycles. The average molecular weight is 1020 g/mol. The minimum atomic E-state index is -0.243. The van der Waals surface area contributed by atoms with Crippen molar-refractivity contribution in [3.8, 4) is 0 Å². The van der Waals surface area contributed by atoms with Crippen molar-refractivity contribution in [3.05, 3.63) is 72.4 Å². The topological polar surface area (TPSA) is 337 Å². The fourth-order valence-electron chi connectivity index (χ4n) is 5.05. The van der Waals surface area contributed by atoms with Gasteiger partial charge in [0.05, 0.1) is 55.2 Å². The van der Waals surface area contributed by atoms with Crippen LogP contribution in [0.1, 0.15) is 103 Å². The van der Waals surface area contributed by atoms with Crippen LogP contribution in [-0.2, 0) is 14.4 Å². The Balaban J connectivity index is 0. The van der Waals surface area contributed by atoms with Crippen molar-refractivity contribution >= 4 is 18.2 Å². The van der Waals surface area contributed by atoms with E-state index in [-0.39, 0.29) is 59.6 Å². The molecule has 0 aromatic carbocycles. The van der Waals surface area contributed by atoms with Gasteiger partial charge in [0.1, 0.15) is 6.04 Å². The molecule has 0 fully saturated rings. The molecule has 3 amide bonds. The van der Waals surface area contributed by atoms with Crippen molar-refractivity contribution in [1.82, 2.24) is 44.8 Å². The van der Waals surface area contributed by atoms with Crippen molar-refractivity contribution in [3.63, 3.8) is 0 Å². The van der Waals surface area contributed by atoms with Crippen LogP contribution in [0.4, 0.5) is 0 Å². The highest BCUT2D eigenvalue weighted by Crippen LogP contribution is 2.20. The van der Waals surface area contributed by atoms with Crippen molar-refractivity contribution < 1.29 is 14.4 Å². The summed E-state index contributed by atoms with van der Waals surface area (Å²) in [6.45, 7) is 35.2. The van der Waals surface area contributed by atoms with Gasteiger partial charge in [-0.3, -0.25) is 29.4 Å². The SMILES string of the molecule is C=C(CCN(C/C=C/N(N)C(C)(C)C)C(C)=O)N=NN(C)C(C)(C)C.CC(C)(C)N(N)/C=C(\N)CN(C=O)CC1=CCN(C(C)(C)C)N=N1.CCN(N)/C=C(\N)CN(CC1C=CN(C)N=N1)C(=O)CN.CN. The van der Waals surface area contributed by atoms with Crippen LogP contribution >= 0.6 is 0 Å². The van der Waals surface area contributed by atoms with Gasteiger partial charge in [0, 0.05) is 101 Å². The van der Waals surface area contributed by atoms with Crippen molar-refractivity contribution in [2.75, 3.05) is 80.0 Å². The Hall–Kier alpha value is -6.15. The summed E-state index contributed by atoms with van der Waals surface area (Å²) in [5, 5.41) is 34.6. The molecule has 14 N–H and O–H groups in total. The molecule has 0 spiro atoms. The van der Waals surface area contributed by atoms with E-state index in [1.807, 2.05) is 78.8 Å². The highest BCUT2D eigenvalue weighted by atomic mass is 16.2. The second-order valence-corrected chi connectivity index (χ2v) is 20.8. The van der Waals surface area contributed by atoms with Crippen LogP contribution in [0.5, 0.6) is 0 Å². The standard InChI is InChI=1S/C18H36N6O.C16H31N7O.C12H24N8O.CH5N/c1-15(20-21-22(9)17(3,4)5)11-14-23(16(2)25)12-10-13-24(19)18(6,7)8;1-15(2,3)22(18)10-13(17)9-21(12-24)11-14-7-8-23(20-19-14)16(4,5)6;1-3-20(15)8-10(14)7-19(12(21)6-13)9-11-4-5-18(2)17-16-11;1-2/h10,13H,1,11-12,14,19H2,2-9H3;7,10,12H,8-9,11,17-18H2,1-6H3;4-5,8,11H,3,6-7,9,13-15H2,1-2H3;2H2,1H3/b13-10+,21-20?;13-10-;10-8-;. The predicted octanol–water partition coefficient (Wildman–Crippen LogP) is 3.45. The maximum atomic E-state index is 11.9. The molecule has 1 atom stereocenters. The summed E-state index contributed by atoms with van der Waals surface area (Å²) < 4.78 is 0. The first-order chi connectivity index (χ1) is 33.1.